The summed E-state index contributed by atoms with van der Waals surface area (Å²) in [5, 5.41) is 8.44. The molecule has 0 aromatic carbocycles. The molecular formula is C10H15N3OS. The van der Waals surface area contributed by atoms with Crippen LogP contribution in [0.25, 0.3) is 0 Å². The fourth-order valence-electron chi connectivity index (χ4n) is 1.25. The second-order valence-electron chi connectivity index (χ2n) is 3.85. The lowest BCUT2D eigenvalue weighted by Crippen LogP contribution is -2.35. The molecule has 4 nitrogen and oxygen atoms in total. The third-order valence-electron chi connectivity index (χ3n) is 2.57. The predicted octanol–water partition coefficient (Wildman–Crippen LogP) is 1.57. The predicted molar refractivity (Wildman–Crippen MR) is 61.2 cm³/mol. The Morgan fingerprint density at radius 1 is 1.67 bits per heavy atom. The highest BCUT2D eigenvalue weighted by Crippen LogP contribution is 2.40. The molecule has 5 heteroatoms. The van der Waals surface area contributed by atoms with E-state index in [-0.39, 0.29) is 11.9 Å². The number of carbonyl (C=O) groups excluding carboxylic acids is 1. The Balaban J connectivity index is 1.95. The van der Waals surface area contributed by atoms with Gasteiger partial charge in [0.05, 0.1) is 11.7 Å². The summed E-state index contributed by atoms with van der Waals surface area (Å²) in [6, 6.07) is -0.182. The van der Waals surface area contributed by atoms with Crippen molar-refractivity contribution in [3.8, 4) is 0 Å². The van der Waals surface area contributed by atoms with Gasteiger partial charge in [-0.3, -0.25) is 4.79 Å². The summed E-state index contributed by atoms with van der Waals surface area (Å²) in [5.74, 6) is 0.614. The molecule has 1 heterocycles. The topological polar surface area (TPSA) is 54.0 Å². The number of thiazole rings is 1. The number of hydrogen-bond acceptors (Lipinski definition) is 4. The maximum absolute atomic E-state index is 11.5. The molecule has 1 fully saturated rings. The number of rotatable bonds is 4. The molecule has 82 valence electrons. The summed E-state index contributed by atoms with van der Waals surface area (Å²) in [7, 11) is 1.77. The molecule has 1 aromatic rings. The van der Waals surface area contributed by atoms with Gasteiger partial charge in [-0.05, 0) is 26.8 Å². The molecule has 0 radical (unpaired) electrons. The van der Waals surface area contributed by atoms with Crippen molar-refractivity contribution in [1.29, 1.82) is 0 Å². The molecule has 0 saturated heterocycles. The SMILES string of the molecule is CNC(C)C(=O)Nc1nc(C2CC2)cs1. The second kappa shape index (κ2) is 4.28. The van der Waals surface area contributed by atoms with Crippen molar-refractivity contribution in [2.45, 2.75) is 31.7 Å². The van der Waals surface area contributed by atoms with Crippen molar-refractivity contribution in [1.82, 2.24) is 10.3 Å². The Labute approximate surface area is 93.1 Å². The van der Waals surface area contributed by atoms with Crippen LogP contribution in [0, 0.1) is 0 Å². The monoisotopic (exact) mass is 225 g/mol. The van der Waals surface area contributed by atoms with Crippen LogP contribution in [0.1, 0.15) is 31.4 Å². The zero-order chi connectivity index (χ0) is 10.8. The van der Waals surface area contributed by atoms with Gasteiger partial charge in [0.15, 0.2) is 5.13 Å². The molecule has 0 aliphatic heterocycles. The quantitative estimate of drug-likeness (QED) is 0.817. The molecule has 1 aromatic heterocycles. The number of carbonyl (C=O) groups is 1. The Hall–Kier alpha value is -0.940. The van der Waals surface area contributed by atoms with Crippen LogP contribution in [-0.4, -0.2) is 24.0 Å². The van der Waals surface area contributed by atoms with Crippen molar-refractivity contribution in [3.05, 3.63) is 11.1 Å². The minimum atomic E-state index is -0.182. The molecule has 15 heavy (non-hydrogen) atoms. The fourth-order valence-corrected chi connectivity index (χ4v) is 2.05. The van der Waals surface area contributed by atoms with Crippen LogP contribution in [-0.2, 0) is 4.79 Å². The first-order valence-corrected chi connectivity index (χ1v) is 6.02. The Morgan fingerprint density at radius 2 is 2.40 bits per heavy atom. The van der Waals surface area contributed by atoms with E-state index in [0.717, 1.165) is 5.69 Å². The molecule has 1 unspecified atom stereocenters. The Bertz CT molecular complexity index is 359. The third kappa shape index (κ3) is 2.54. The van der Waals surface area contributed by atoms with Crippen molar-refractivity contribution < 1.29 is 4.79 Å². The average molecular weight is 225 g/mol. The van der Waals surface area contributed by atoms with E-state index in [1.165, 1.54) is 24.2 Å². The van der Waals surface area contributed by atoms with Gasteiger partial charge in [0.25, 0.3) is 0 Å². The van der Waals surface area contributed by atoms with Crippen LogP contribution in [0.5, 0.6) is 0 Å². The molecule has 0 bridgehead atoms. The van der Waals surface area contributed by atoms with Crippen LogP contribution < -0.4 is 10.6 Å². The molecule has 1 atom stereocenters. The lowest BCUT2D eigenvalue weighted by atomic mass is 10.3. The van der Waals surface area contributed by atoms with Crippen LogP contribution in [0.3, 0.4) is 0 Å². The van der Waals surface area contributed by atoms with E-state index in [0.29, 0.717) is 11.0 Å². The van der Waals surface area contributed by atoms with Crippen LogP contribution in [0.15, 0.2) is 5.38 Å². The average Bonchev–Trinajstić information content (AvgIpc) is 2.99. The molecule has 1 aliphatic carbocycles. The summed E-state index contributed by atoms with van der Waals surface area (Å²) in [6.45, 7) is 1.82. The van der Waals surface area contributed by atoms with E-state index in [1.807, 2.05) is 12.3 Å². The van der Waals surface area contributed by atoms with Gasteiger partial charge in [-0.2, -0.15) is 0 Å². The molecule has 2 N–H and O–H groups in total. The van der Waals surface area contributed by atoms with E-state index in [2.05, 4.69) is 15.6 Å². The number of nitrogens with one attached hydrogen (secondary N) is 2. The molecule has 2 rings (SSSR count). The van der Waals surface area contributed by atoms with Crippen molar-refractivity contribution in [2.24, 2.45) is 0 Å². The van der Waals surface area contributed by atoms with Gasteiger partial charge in [-0.1, -0.05) is 0 Å². The van der Waals surface area contributed by atoms with Gasteiger partial charge in [0.1, 0.15) is 0 Å². The first-order valence-electron chi connectivity index (χ1n) is 5.14. The molecule has 1 saturated carbocycles. The largest absolute Gasteiger partial charge is 0.309 e. The highest BCUT2D eigenvalue weighted by Gasteiger charge is 2.26. The number of anilines is 1. The van der Waals surface area contributed by atoms with Crippen molar-refractivity contribution in [2.75, 3.05) is 12.4 Å². The number of nitrogens with zero attached hydrogens (tertiary/aromatic N) is 1. The summed E-state index contributed by atoms with van der Waals surface area (Å²) >= 11 is 1.50. The first-order chi connectivity index (χ1) is 7.20. The number of amides is 1. The van der Waals surface area contributed by atoms with E-state index < -0.39 is 0 Å². The minimum absolute atomic E-state index is 0.0332. The van der Waals surface area contributed by atoms with Crippen molar-refractivity contribution >= 4 is 22.4 Å². The molecule has 1 aliphatic rings. The number of aromatic nitrogens is 1. The van der Waals surface area contributed by atoms with Gasteiger partial charge < -0.3 is 10.6 Å². The molecule has 0 spiro atoms. The molecule has 1 amide bonds. The Kier molecular flexibility index (Phi) is 3.02. The van der Waals surface area contributed by atoms with Crippen molar-refractivity contribution in [3.63, 3.8) is 0 Å². The van der Waals surface area contributed by atoms with Crippen LogP contribution >= 0.6 is 11.3 Å². The fraction of sp³-hybridized carbons (Fsp3) is 0.600. The summed E-state index contributed by atoms with van der Waals surface area (Å²) in [4.78, 5) is 15.9. The lowest BCUT2D eigenvalue weighted by molar-refractivity contribution is -0.117. The van der Waals surface area contributed by atoms with E-state index in [9.17, 15) is 4.79 Å². The number of hydrogen-bond donors (Lipinski definition) is 2. The standard InChI is InChI=1S/C10H15N3OS/c1-6(11-2)9(14)13-10-12-8(5-15-10)7-3-4-7/h5-7,11H,3-4H2,1-2H3,(H,12,13,14). The van der Waals surface area contributed by atoms with Gasteiger partial charge >= 0.3 is 0 Å². The zero-order valence-electron chi connectivity index (χ0n) is 8.91. The molecular weight excluding hydrogens is 210 g/mol. The summed E-state index contributed by atoms with van der Waals surface area (Å²) < 4.78 is 0. The highest BCUT2D eigenvalue weighted by atomic mass is 32.1. The van der Waals surface area contributed by atoms with Gasteiger partial charge in [-0.25, -0.2) is 4.98 Å². The first kappa shape index (κ1) is 10.6. The maximum Gasteiger partial charge on any atom is 0.242 e. The van der Waals surface area contributed by atoms with Gasteiger partial charge in [-0.15, -0.1) is 11.3 Å². The third-order valence-corrected chi connectivity index (χ3v) is 3.35. The summed E-state index contributed by atoms with van der Waals surface area (Å²) in [5.41, 5.74) is 1.13. The Morgan fingerprint density at radius 3 is 3.00 bits per heavy atom. The van der Waals surface area contributed by atoms with Gasteiger partial charge in [0, 0.05) is 11.3 Å². The van der Waals surface area contributed by atoms with E-state index in [1.54, 1.807) is 7.05 Å². The van der Waals surface area contributed by atoms with Crippen LogP contribution in [0.2, 0.25) is 0 Å². The minimum Gasteiger partial charge on any atom is -0.309 e. The normalized spacial score (nSPS) is 17.5. The van der Waals surface area contributed by atoms with Crippen LogP contribution in [0.4, 0.5) is 5.13 Å². The van der Waals surface area contributed by atoms with E-state index in [4.69, 9.17) is 0 Å². The maximum atomic E-state index is 11.5. The highest BCUT2D eigenvalue weighted by molar-refractivity contribution is 7.13. The lowest BCUT2D eigenvalue weighted by Gasteiger charge is -2.08. The smallest absolute Gasteiger partial charge is 0.242 e. The summed E-state index contributed by atoms with van der Waals surface area (Å²) in [6.07, 6.45) is 2.48. The number of likely N-dealkylation sites (N-methyl/N-ethyl adjacent to an activating group) is 1. The van der Waals surface area contributed by atoms with E-state index >= 15 is 0 Å². The van der Waals surface area contributed by atoms with Gasteiger partial charge in [0.2, 0.25) is 5.91 Å². The zero-order valence-corrected chi connectivity index (χ0v) is 9.73. The second-order valence-corrected chi connectivity index (χ2v) is 4.71.